The Morgan fingerprint density at radius 3 is 2.76 bits per heavy atom. The maximum absolute atomic E-state index is 11.2. The number of benzene rings is 1. The fraction of sp³-hybridized carbons (Fsp3) is 0.462. The summed E-state index contributed by atoms with van der Waals surface area (Å²) in [5.41, 5.74) is 2.30. The number of amides is 1. The third-order valence-electron chi connectivity index (χ3n) is 3.10. The van der Waals surface area contributed by atoms with Crippen molar-refractivity contribution in [3.63, 3.8) is 0 Å². The van der Waals surface area contributed by atoms with Gasteiger partial charge in [-0.25, -0.2) is 0 Å². The summed E-state index contributed by atoms with van der Waals surface area (Å²) in [4.78, 5) is 13.0. The van der Waals surface area contributed by atoms with E-state index in [1.165, 1.54) is 0 Å². The Hall–Kier alpha value is -1.55. The molecule has 1 aromatic rings. The summed E-state index contributed by atoms with van der Waals surface area (Å²) in [7, 11) is 1.82. The van der Waals surface area contributed by atoms with Crippen LogP contribution >= 0.6 is 0 Å². The minimum atomic E-state index is 0.0881. The van der Waals surface area contributed by atoms with Crippen molar-refractivity contribution in [3.05, 3.63) is 29.8 Å². The monoisotopic (exact) mass is 233 g/mol. The van der Waals surface area contributed by atoms with Gasteiger partial charge in [-0.15, -0.1) is 0 Å². The molecule has 17 heavy (non-hydrogen) atoms. The first-order valence-corrected chi connectivity index (χ1v) is 5.93. The van der Waals surface area contributed by atoms with Crippen molar-refractivity contribution in [2.24, 2.45) is 0 Å². The van der Waals surface area contributed by atoms with Gasteiger partial charge in [0, 0.05) is 39.3 Å². The second kappa shape index (κ2) is 5.19. The lowest BCUT2D eigenvalue weighted by Crippen LogP contribution is -2.51. The van der Waals surface area contributed by atoms with Crippen LogP contribution in [0.3, 0.4) is 0 Å². The molecule has 1 aliphatic rings. The lowest BCUT2D eigenvalue weighted by Gasteiger charge is -2.30. The van der Waals surface area contributed by atoms with E-state index in [9.17, 15) is 4.79 Å². The molecule has 1 aromatic carbocycles. The molecule has 0 atom stereocenters. The second-order valence-electron chi connectivity index (χ2n) is 4.53. The standard InChI is InChI=1S/C13H19N3O/c1-10(17)16(2)9-11-5-3-4-6-13(11)15-12-7-14-8-12/h3-6,12,14-15H,7-9H2,1-2H3. The molecule has 0 radical (unpaired) electrons. The number of para-hydroxylation sites is 1. The first kappa shape index (κ1) is 11.9. The lowest BCUT2D eigenvalue weighted by molar-refractivity contribution is -0.128. The fourth-order valence-electron chi connectivity index (χ4n) is 1.78. The van der Waals surface area contributed by atoms with Gasteiger partial charge in [0.15, 0.2) is 0 Å². The van der Waals surface area contributed by atoms with Crippen LogP contribution in [0.25, 0.3) is 0 Å². The summed E-state index contributed by atoms with van der Waals surface area (Å²) in [5.74, 6) is 0.0881. The maximum atomic E-state index is 11.2. The van der Waals surface area contributed by atoms with Crippen molar-refractivity contribution >= 4 is 11.6 Å². The molecule has 4 heteroatoms. The number of carbonyl (C=O) groups is 1. The van der Waals surface area contributed by atoms with Crippen molar-refractivity contribution in [3.8, 4) is 0 Å². The highest BCUT2D eigenvalue weighted by atomic mass is 16.2. The number of nitrogens with one attached hydrogen (secondary N) is 2. The smallest absolute Gasteiger partial charge is 0.219 e. The molecule has 0 aliphatic carbocycles. The molecule has 0 unspecified atom stereocenters. The zero-order chi connectivity index (χ0) is 12.3. The molecule has 0 saturated carbocycles. The number of anilines is 1. The zero-order valence-electron chi connectivity index (χ0n) is 10.4. The van der Waals surface area contributed by atoms with Gasteiger partial charge >= 0.3 is 0 Å². The largest absolute Gasteiger partial charge is 0.379 e. The van der Waals surface area contributed by atoms with E-state index in [-0.39, 0.29) is 5.91 Å². The number of hydrogen-bond acceptors (Lipinski definition) is 3. The summed E-state index contributed by atoms with van der Waals surface area (Å²) >= 11 is 0. The normalized spacial score (nSPS) is 15.2. The van der Waals surface area contributed by atoms with Gasteiger partial charge in [-0.2, -0.15) is 0 Å². The van der Waals surface area contributed by atoms with Crippen LogP contribution in [-0.4, -0.2) is 37.0 Å². The topological polar surface area (TPSA) is 44.4 Å². The van der Waals surface area contributed by atoms with Crippen LogP contribution in [0.4, 0.5) is 5.69 Å². The summed E-state index contributed by atoms with van der Waals surface area (Å²) in [6.07, 6.45) is 0. The van der Waals surface area contributed by atoms with Crippen molar-refractivity contribution in [1.82, 2.24) is 10.2 Å². The lowest BCUT2D eigenvalue weighted by atomic mass is 10.1. The molecule has 1 fully saturated rings. The predicted molar refractivity (Wildman–Crippen MR) is 68.9 cm³/mol. The number of hydrogen-bond donors (Lipinski definition) is 2. The van der Waals surface area contributed by atoms with Crippen LogP contribution in [0.2, 0.25) is 0 Å². The Bertz CT molecular complexity index is 401. The van der Waals surface area contributed by atoms with E-state index in [1.807, 2.05) is 19.2 Å². The molecule has 92 valence electrons. The first-order chi connectivity index (χ1) is 8.16. The predicted octanol–water partition coefficient (Wildman–Crippen LogP) is 1.05. The molecule has 0 aromatic heterocycles. The van der Waals surface area contributed by atoms with E-state index in [1.54, 1.807) is 11.8 Å². The van der Waals surface area contributed by atoms with Crippen molar-refractivity contribution < 1.29 is 4.79 Å². The van der Waals surface area contributed by atoms with Crippen molar-refractivity contribution in [2.75, 3.05) is 25.5 Å². The molecule has 2 rings (SSSR count). The molecule has 1 aliphatic heterocycles. The van der Waals surface area contributed by atoms with Crippen LogP contribution < -0.4 is 10.6 Å². The average molecular weight is 233 g/mol. The van der Waals surface area contributed by atoms with E-state index in [4.69, 9.17) is 0 Å². The molecule has 2 N–H and O–H groups in total. The summed E-state index contributed by atoms with van der Waals surface area (Å²) in [5, 5.41) is 6.72. The highest BCUT2D eigenvalue weighted by Crippen LogP contribution is 2.18. The summed E-state index contributed by atoms with van der Waals surface area (Å²) in [6, 6.07) is 8.67. The van der Waals surface area contributed by atoms with Crippen LogP contribution in [0.1, 0.15) is 12.5 Å². The van der Waals surface area contributed by atoms with Gasteiger partial charge in [0.1, 0.15) is 0 Å². The summed E-state index contributed by atoms with van der Waals surface area (Å²) in [6.45, 7) is 4.26. The van der Waals surface area contributed by atoms with Crippen molar-refractivity contribution in [1.29, 1.82) is 0 Å². The Kier molecular flexibility index (Phi) is 3.64. The van der Waals surface area contributed by atoms with Gasteiger partial charge in [-0.05, 0) is 11.6 Å². The van der Waals surface area contributed by atoms with E-state index in [0.29, 0.717) is 12.6 Å². The van der Waals surface area contributed by atoms with Crippen LogP contribution in [0, 0.1) is 0 Å². The van der Waals surface area contributed by atoms with Crippen molar-refractivity contribution in [2.45, 2.75) is 19.5 Å². The van der Waals surface area contributed by atoms with Gasteiger partial charge in [-0.3, -0.25) is 4.79 Å². The Morgan fingerprint density at radius 2 is 2.18 bits per heavy atom. The van der Waals surface area contributed by atoms with E-state index in [2.05, 4.69) is 22.8 Å². The fourth-order valence-corrected chi connectivity index (χ4v) is 1.78. The molecule has 0 spiro atoms. The molecule has 4 nitrogen and oxygen atoms in total. The average Bonchev–Trinajstić information content (AvgIpc) is 2.25. The van der Waals surface area contributed by atoms with Gasteiger partial charge < -0.3 is 15.5 Å². The zero-order valence-corrected chi connectivity index (χ0v) is 10.4. The van der Waals surface area contributed by atoms with Gasteiger partial charge in [-0.1, -0.05) is 18.2 Å². The highest BCUT2D eigenvalue weighted by Gasteiger charge is 2.17. The third kappa shape index (κ3) is 2.97. The molecule has 1 saturated heterocycles. The van der Waals surface area contributed by atoms with E-state index < -0.39 is 0 Å². The Balaban J connectivity index is 2.06. The van der Waals surface area contributed by atoms with Crippen LogP contribution in [0.15, 0.2) is 24.3 Å². The third-order valence-corrected chi connectivity index (χ3v) is 3.10. The molecule has 0 bridgehead atoms. The highest BCUT2D eigenvalue weighted by molar-refractivity contribution is 5.73. The van der Waals surface area contributed by atoms with Gasteiger partial charge in [0.2, 0.25) is 5.91 Å². The van der Waals surface area contributed by atoms with Crippen LogP contribution in [-0.2, 0) is 11.3 Å². The van der Waals surface area contributed by atoms with Gasteiger partial charge in [0.25, 0.3) is 0 Å². The van der Waals surface area contributed by atoms with Crippen LogP contribution in [0.5, 0.6) is 0 Å². The minimum Gasteiger partial charge on any atom is -0.379 e. The number of carbonyl (C=O) groups excluding carboxylic acids is 1. The summed E-state index contributed by atoms with van der Waals surface area (Å²) < 4.78 is 0. The molecule has 1 heterocycles. The van der Waals surface area contributed by atoms with E-state index in [0.717, 1.165) is 24.3 Å². The van der Waals surface area contributed by atoms with E-state index >= 15 is 0 Å². The maximum Gasteiger partial charge on any atom is 0.219 e. The molecule has 1 amide bonds. The Labute approximate surface area is 102 Å². The SMILES string of the molecule is CC(=O)N(C)Cc1ccccc1NC1CNC1. The minimum absolute atomic E-state index is 0.0881. The second-order valence-corrected chi connectivity index (χ2v) is 4.53. The number of nitrogens with zero attached hydrogens (tertiary/aromatic N) is 1. The molecular formula is C13H19N3O. The number of rotatable bonds is 4. The van der Waals surface area contributed by atoms with Gasteiger partial charge in [0.05, 0.1) is 6.04 Å². The Morgan fingerprint density at radius 1 is 1.47 bits per heavy atom. The first-order valence-electron chi connectivity index (χ1n) is 5.93. The molecular weight excluding hydrogens is 214 g/mol. The quantitative estimate of drug-likeness (QED) is 0.817.